The molecular formula is C28H27N5O3S. The van der Waals surface area contributed by atoms with Gasteiger partial charge in [-0.2, -0.15) is 0 Å². The number of amides is 1. The summed E-state index contributed by atoms with van der Waals surface area (Å²) in [7, 11) is -3.88. The lowest BCUT2D eigenvalue weighted by atomic mass is 10.1. The predicted molar refractivity (Wildman–Crippen MR) is 147 cm³/mol. The largest absolute Gasteiger partial charge is 0.384 e. The molecule has 0 aliphatic heterocycles. The van der Waals surface area contributed by atoms with Gasteiger partial charge in [-0.15, -0.1) is 0 Å². The van der Waals surface area contributed by atoms with Crippen LogP contribution in [-0.2, 0) is 21.4 Å². The van der Waals surface area contributed by atoms with Crippen molar-refractivity contribution in [1.29, 1.82) is 5.41 Å². The zero-order valence-corrected chi connectivity index (χ0v) is 20.8. The third kappa shape index (κ3) is 6.60. The molecule has 0 heterocycles. The molecule has 0 saturated carbocycles. The molecule has 4 rings (SSSR count). The topological polar surface area (TPSA) is 142 Å². The molecule has 0 spiro atoms. The molecule has 8 nitrogen and oxygen atoms in total. The molecule has 0 unspecified atom stereocenters. The van der Waals surface area contributed by atoms with Gasteiger partial charge >= 0.3 is 0 Å². The van der Waals surface area contributed by atoms with Gasteiger partial charge in [0.25, 0.3) is 0 Å². The number of para-hydroxylation sites is 1. The molecule has 0 radical (unpaired) electrons. The van der Waals surface area contributed by atoms with E-state index in [0.717, 1.165) is 11.3 Å². The maximum absolute atomic E-state index is 13.0. The minimum atomic E-state index is -3.88. The Hall–Kier alpha value is -4.47. The van der Waals surface area contributed by atoms with E-state index in [2.05, 4.69) is 5.32 Å². The van der Waals surface area contributed by atoms with E-state index in [4.69, 9.17) is 16.3 Å². The summed E-state index contributed by atoms with van der Waals surface area (Å²) in [6.45, 7) is 0.534. The molecule has 4 aromatic carbocycles. The summed E-state index contributed by atoms with van der Waals surface area (Å²) in [5.74, 6) is -0.231. The summed E-state index contributed by atoms with van der Waals surface area (Å²) in [5, 5.41) is 16.0. The smallest absolute Gasteiger partial charge is 0.243 e. The molecule has 6 N–H and O–H groups in total. The Bertz CT molecular complexity index is 1520. The molecule has 0 aliphatic rings. The first-order valence-corrected chi connectivity index (χ1v) is 13.0. The standard InChI is InChI=1S/C28H27N5O3S/c29-28(30)22-8-6-7-20(17-22)18-33(24-9-2-1-3-10-24)19-27(34)32-23-15-13-21(14-16-23)25-11-4-5-12-26(25)37(31,35)36/h1-17H,18-19H2,(H3,29,30)(H,32,34)(H2,31,35,36). The normalized spacial score (nSPS) is 11.1. The van der Waals surface area contributed by atoms with Crippen LogP contribution in [0.5, 0.6) is 0 Å². The van der Waals surface area contributed by atoms with Gasteiger partial charge in [0.05, 0.1) is 11.4 Å². The average Bonchev–Trinajstić information content (AvgIpc) is 2.89. The summed E-state index contributed by atoms with van der Waals surface area (Å²) in [5.41, 5.74) is 9.79. The average molecular weight is 514 g/mol. The van der Waals surface area contributed by atoms with Crippen molar-refractivity contribution in [2.24, 2.45) is 10.9 Å². The van der Waals surface area contributed by atoms with Gasteiger partial charge in [0.1, 0.15) is 5.84 Å². The number of amidine groups is 1. The molecule has 9 heteroatoms. The third-order valence-electron chi connectivity index (χ3n) is 5.74. The zero-order chi connectivity index (χ0) is 26.4. The van der Waals surface area contributed by atoms with Gasteiger partial charge in [-0.1, -0.05) is 66.7 Å². The fraction of sp³-hybridized carbons (Fsp3) is 0.0714. The lowest BCUT2D eigenvalue weighted by molar-refractivity contribution is -0.115. The van der Waals surface area contributed by atoms with E-state index in [1.165, 1.54) is 6.07 Å². The van der Waals surface area contributed by atoms with Crippen LogP contribution >= 0.6 is 0 Å². The van der Waals surface area contributed by atoms with Gasteiger partial charge in [0.15, 0.2) is 0 Å². The summed E-state index contributed by atoms with van der Waals surface area (Å²) in [6, 6.07) is 30.4. The maximum Gasteiger partial charge on any atom is 0.243 e. The number of nitrogens with one attached hydrogen (secondary N) is 2. The van der Waals surface area contributed by atoms with E-state index >= 15 is 0 Å². The quantitative estimate of drug-likeness (QED) is 0.198. The first-order valence-electron chi connectivity index (χ1n) is 11.5. The highest BCUT2D eigenvalue weighted by Crippen LogP contribution is 2.27. The lowest BCUT2D eigenvalue weighted by Gasteiger charge is -2.25. The number of primary sulfonamides is 1. The van der Waals surface area contributed by atoms with Gasteiger partial charge in [0.2, 0.25) is 15.9 Å². The number of nitrogen functional groups attached to an aromatic ring is 1. The highest BCUT2D eigenvalue weighted by Gasteiger charge is 2.16. The molecular weight excluding hydrogens is 486 g/mol. The van der Waals surface area contributed by atoms with Crippen molar-refractivity contribution in [3.63, 3.8) is 0 Å². The summed E-state index contributed by atoms with van der Waals surface area (Å²) in [4.78, 5) is 15.0. The van der Waals surface area contributed by atoms with Crippen LogP contribution < -0.4 is 21.1 Å². The fourth-order valence-electron chi connectivity index (χ4n) is 4.00. The number of carbonyl (C=O) groups is 1. The highest BCUT2D eigenvalue weighted by atomic mass is 32.2. The molecule has 0 atom stereocenters. The second kappa shape index (κ2) is 11.1. The van der Waals surface area contributed by atoms with Crippen LogP contribution in [0, 0.1) is 5.41 Å². The Kier molecular flexibility index (Phi) is 7.66. The Balaban J connectivity index is 1.50. The van der Waals surface area contributed by atoms with Gasteiger partial charge in [-0.3, -0.25) is 10.2 Å². The van der Waals surface area contributed by atoms with Crippen LogP contribution in [-0.4, -0.2) is 26.7 Å². The van der Waals surface area contributed by atoms with Gasteiger partial charge in [-0.05, 0) is 47.5 Å². The van der Waals surface area contributed by atoms with Crippen molar-refractivity contribution >= 4 is 33.1 Å². The van der Waals surface area contributed by atoms with E-state index in [-0.39, 0.29) is 23.2 Å². The van der Waals surface area contributed by atoms with E-state index in [1.54, 1.807) is 48.5 Å². The van der Waals surface area contributed by atoms with Crippen LogP contribution in [0.4, 0.5) is 11.4 Å². The highest BCUT2D eigenvalue weighted by molar-refractivity contribution is 7.89. The number of nitrogens with two attached hydrogens (primary N) is 2. The first kappa shape index (κ1) is 25.6. The van der Waals surface area contributed by atoms with Gasteiger partial charge in [0, 0.05) is 29.0 Å². The Morgan fingerprint density at radius 1 is 0.865 bits per heavy atom. The van der Waals surface area contributed by atoms with Gasteiger partial charge in [-0.25, -0.2) is 13.6 Å². The molecule has 1 amide bonds. The number of hydrogen-bond donors (Lipinski definition) is 4. The molecule has 0 aliphatic carbocycles. The van der Waals surface area contributed by atoms with E-state index < -0.39 is 10.0 Å². The van der Waals surface area contributed by atoms with Crippen molar-refractivity contribution in [2.75, 3.05) is 16.8 Å². The van der Waals surface area contributed by atoms with Gasteiger partial charge < -0.3 is 16.0 Å². The van der Waals surface area contributed by atoms with Crippen LogP contribution in [0.25, 0.3) is 11.1 Å². The minimum absolute atomic E-state index is 0.0130. The van der Waals surface area contributed by atoms with Crippen LogP contribution in [0.1, 0.15) is 11.1 Å². The van der Waals surface area contributed by atoms with E-state index in [0.29, 0.717) is 28.9 Å². The summed E-state index contributed by atoms with van der Waals surface area (Å²) in [6.07, 6.45) is 0. The summed E-state index contributed by atoms with van der Waals surface area (Å²) < 4.78 is 23.9. The maximum atomic E-state index is 13.0. The molecule has 0 saturated heterocycles. The predicted octanol–water partition coefficient (Wildman–Crippen LogP) is 3.93. The van der Waals surface area contributed by atoms with Crippen molar-refractivity contribution in [2.45, 2.75) is 11.4 Å². The van der Waals surface area contributed by atoms with Crippen LogP contribution in [0.3, 0.4) is 0 Å². The molecule has 37 heavy (non-hydrogen) atoms. The fourth-order valence-corrected chi connectivity index (χ4v) is 4.76. The molecule has 0 fully saturated rings. The molecule has 4 aromatic rings. The second-order valence-electron chi connectivity index (χ2n) is 8.47. The zero-order valence-electron chi connectivity index (χ0n) is 20.0. The molecule has 188 valence electrons. The third-order valence-corrected chi connectivity index (χ3v) is 6.71. The number of sulfonamides is 1. The SMILES string of the molecule is N=C(N)c1cccc(CN(CC(=O)Nc2ccc(-c3ccccc3S(N)(=O)=O)cc2)c2ccccc2)c1. The van der Waals surface area contributed by atoms with Crippen molar-refractivity contribution < 1.29 is 13.2 Å². The minimum Gasteiger partial charge on any atom is -0.384 e. The Morgan fingerprint density at radius 2 is 1.54 bits per heavy atom. The summed E-state index contributed by atoms with van der Waals surface area (Å²) >= 11 is 0. The van der Waals surface area contributed by atoms with Crippen molar-refractivity contribution in [3.05, 3.63) is 114 Å². The number of rotatable bonds is 9. The number of nitrogens with zero attached hydrogens (tertiary/aromatic N) is 1. The number of carbonyl (C=O) groups excluding carboxylic acids is 1. The molecule has 0 bridgehead atoms. The Morgan fingerprint density at radius 3 is 2.22 bits per heavy atom. The van der Waals surface area contributed by atoms with Crippen LogP contribution in [0.2, 0.25) is 0 Å². The molecule has 0 aromatic heterocycles. The number of benzene rings is 4. The first-order chi connectivity index (χ1) is 17.7. The number of hydrogen-bond acceptors (Lipinski definition) is 5. The second-order valence-corrected chi connectivity index (χ2v) is 10.0. The lowest BCUT2D eigenvalue weighted by Crippen LogP contribution is -2.33. The van der Waals surface area contributed by atoms with Crippen LogP contribution in [0.15, 0.2) is 108 Å². The number of anilines is 2. The van der Waals surface area contributed by atoms with Crippen molar-refractivity contribution in [3.8, 4) is 11.1 Å². The van der Waals surface area contributed by atoms with E-state index in [9.17, 15) is 13.2 Å². The van der Waals surface area contributed by atoms with E-state index in [1.807, 2.05) is 53.4 Å². The monoisotopic (exact) mass is 513 g/mol. The Labute approximate surface area is 216 Å². The van der Waals surface area contributed by atoms with Crippen molar-refractivity contribution in [1.82, 2.24) is 0 Å².